The molecule has 0 unspecified atom stereocenters. The molecule has 2 aromatic carbocycles. The highest BCUT2D eigenvalue weighted by atomic mass is 16.6. The first kappa shape index (κ1) is 24.8. The van der Waals surface area contributed by atoms with Gasteiger partial charge in [0.2, 0.25) is 0 Å². The Kier molecular flexibility index (Phi) is 9.19. The number of carbonyl (C=O) groups is 1. The number of nitrogens with zero attached hydrogens (tertiary/aromatic N) is 3. The number of aryl methyl sites for hydroxylation is 1. The zero-order valence-corrected chi connectivity index (χ0v) is 19.5. The zero-order valence-electron chi connectivity index (χ0n) is 19.5. The predicted octanol–water partition coefficient (Wildman–Crippen LogP) is 4.58. The number of anilines is 2. The first-order valence-corrected chi connectivity index (χ1v) is 10.8. The summed E-state index contributed by atoms with van der Waals surface area (Å²) >= 11 is 0. The van der Waals surface area contributed by atoms with Gasteiger partial charge in [0.1, 0.15) is 0 Å². The van der Waals surface area contributed by atoms with Crippen LogP contribution in [-0.4, -0.2) is 36.7 Å². The molecule has 8 heteroatoms. The third kappa shape index (κ3) is 8.02. The van der Waals surface area contributed by atoms with Crippen molar-refractivity contribution in [2.45, 2.75) is 34.6 Å². The fraction of sp³-hybridized carbons (Fsp3) is 0.417. The maximum atomic E-state index is 12.2. The molecule has 0 bridgehead atoms. The second-order valence-electron chi connectivity index (χ2n) is 8.71. The Bertz CT molecular complexity index is 946. The van der Waals surface area contributed by atoms with Crippen LogP contribution in [-0.2, 0) is 4.79 Å². The highest BCUT2D eigenvalue weighted by Gasteiger charge is 2.17. The van der Waals surface area contributed by atoms with Gasteiger partial charge in [-0.15, -0.1) is 0 Å². The Hall–Kier alpha value is -3.42. The van der Waals surface area contributed by atoms with Gasteiger partial charge >= 0.3 is 0 Å². The van der Waals surface area contributed by atoms with E-state index in [0.717, 1.165) is 30.0 Å². The van der Waals surface area contributed by atoms with Crippen LogP contribution in [0.3, 0.4) is 0 Å². The quantitative estimate of drug-likeness (QED) is 0.303. The van der Waals surface area contributed by atoms with Crippen LogP contribution in [0.25, 0.3) is 0 Å². The minimum atomic E-state index is -0.430. The van der Waals surface area contributed by atoms with Crippen molar-refractivity contribution in [3.63, 3.8) is 0 Å². The molecule has 1 amide bonds. The lowest BCUT2D eigenvalue weighted by molar-refractivity contribution is -0.384. The van der Waals surface area contributed by atoms with E-state index in [9.17, 15) is 14.9 Å². The maximum Gasteiger partial charge on any atom is 0.270 e. The number of carbonyl (C=O) groups excluding carboxylic acids is 1. The van der Waals surface area contributed by atoms with Crippen molar-refractivity contribution in [1.29, 1.82) is 0 Å². The predicted molar refractivity (Wildman–Crippen MR) is 130 cm³/mol. The largest absolute Gasteiger partial charge is 0.376 e. The third-order valence-corrected chi connectivity index (χ3v) is 4.60. The van der Waals surface area contributed by atoms with Gasteiger partial charge in [0.15, 0.2) is 0 Å². The van der Waals surface area contributed by atoms with Crippen LogP contribution in [0.15, 0.2) is 47.6 Å². The smallest absolute Gasteiger partial charge is 0.270 e. The SMILES string of the molecule is Cc1cccc(NCC(=O)NN=Cc2cc([N+](=O)[O-])ccc2N(CC(C)C)CC(C)C)c1. The molecule has 172 valence electrons. The van der Waals surface area contributed by atoms with Crippen LogP contribution in [0.4, 0.5) is 17.1 Å². The molecule has 0 aromatic heterocycles. The maximum absolute atomic E-state index is 12.2. The van der Waals surface area contributed by atoms with Gasteiger partial charge in [-0.2, -0.15) is 5.10 Å². The van der Waals surface area contributed by atoms with Crippen molar-refractivity contribution < 1.29 is 9.72 Å². The molecule has 0 heterocycles. The standard InChI is InChI=1S/C24H33N5O3/c1-17(2)15-28(16-18(3)4)23-10-9-22(29(31)32)12-20(23)13-26-27-24(30)14-25-21-8-6-7-19(5)11-21/h6-13,17-18,25H,14-16H2,1-5H3,(H,27,30). The molecule has 2 rings (SSSR count). The van der Waals surface area contributed by atoms with E-state index >= 15 is 0 Å². The van der Waals surface area contributed by atoms with Crippen molar-refractivity contribution in [2.75, 3.05) is 29.9 Å². The van der Waals surface area contributed by atoms with Crippen LogP contribution >= 0.6 is 0 Å². The summed E-state index contributed by atoms with van der Waals surface area (Å²) in [6, 6.07) is 12.5. The average Bonchev–Trinajstić information content (AvgIpc) is 2.71. The number of nitro groups is 1. The molecular formula is C24H33N5O3. The van der Waals surface area contributed by atoms with E-state index in [1.165, 1.54) is 18.3 Å². The summed E-state index contributed by atoms with van der Waals surface area (Å²) in [5.74, 6) is 0.526. The molecule has 0 fully saturated rings. The summed E-state index contributed by atoms with van der Waals surface area (Å²) in [7, 11) is 0. The van der Waals surface area contributed by atoms with E-state index in [-0.39, 0.29) is 18.1 Å². The van der Waals surface area contributed by atoms with Gasteiger partial charge in [-0.1, -0.05) is 39.8 Å². The van der Waals surface area contributed by atoms with Gasteiger partial charge in [-0.3, -0.25) is 14.9 Å². The van der Waals surface area contributed by atoms with E-state index < -0.39 is 4.92 Å². The summed E-state index contributed by atoms with van der Waals surface area (Å²) < 4.78 is 0. The average molecular weight is 440 g/mol. The molecular weight excluding hydrogens is 406 g/mol. The van der Waals surface area contributed by atoms with Crippen LogP contribution in [0.5, 0.6) is 0 Å². The molecule has 2 N–H and O–H groups in total. The van der Waals surface area contributed by atoms with Gasteiger partial charge in [0.25, 0.3) is 11.6 Å². The molecule has 0 saturated carbocycles. The molecule has 0 aliphatic rings. The van der Waals surface area contributed by atoms with E-state index in [4.69, 9.17) is 0 Å². The van der Waals surface area contributed by atoms with E-state index in [1.54, 1.807) is 6.07 Å². The van der Waals surface area contributed by atoms with Gasteiger partial charge in [-0.05, 0) is 42.5 Å². The number of nitrogens with one attached hydrogen (secondary N) is 2. The second-order valence-corrected chi connectivity index (χ2v) is 8.71. The number of nitro benzene ring substituents is 1. The molecule has 0 radical (unpaired) electrons. The lowest BCUT2D eigenvalue weighted by Crippen LogP contribution is -2.32. The van der Waals surface area contributed by atoms with Gasteiger partial charge in [0.05, 0.1) is 17.7 Å². The summed E-state index contributed by atoms with van der Waals surface area (Å²) in [6.45, 7) is 12.2. The van der Waals surface area contributed by atoms with E-state index in [1.807, 2.05) is 31.2 Å². The Labute approximate surface area is 189 Å². The van der Waals surface area contributed by atoms with Gasteiger partial charge in [-0.25, -0.2) is 5.43 Å². The molecule has 0 spiro atoms. The monoisotopic (exact) mass is 439 g/mol. The summed E-state index contributed by atoms with van der Waals surface area (Å²) in [6.07, 6.45) is 1.47. The summed E-state index contributed by atoms with van der Waals surface area (Å²) in [5.41, 5.74) is 5.87. The number of benzene rings is 2. The topological polar surface area (TPSA) is 99.9 Å². The number of hydrogen-bond donors (Lipinski definition) is 2. The van der Waals surface area contributed by atoms with Crippen molar-refractivity contribution in [2.24, 2.45) is 16.9 Å². The van der Waals surface area contributed by atoms with Crippen molar-refractivity contribution in [3.8, 4) is 0 Å². The lowest BCUT2D eigenvalue weighted by atomic mass is 10.1. The van der Waals surface area contributed by atoms with Crippen molar-refractivity contribution in [1.82, 2.24) is 5.43 Å². The number of amides is 1. The van der Waals surface area contributed by atoms with Crippen molar-refractivity contribution >= 4 is 29.2 Å². The minimum Gasteiger partial charge on any atom is -0.376 e. The Morgan fingerprint density at radius 1 is 1.12 bits per heavy atom. The van der Waals surface area contributed by atoms with E-state index in [2.05, 4.69) is 48.4 Å². The first-order valence-electron chi connectivity index (χ1n) is 10.8. The Morgan fingerprint density at radius 3 is 2.41 bits per heavy atom. The fourth-order valence-corrected chi connectivity index (χ4v) is 3.35. The van der Waals surface area contributed by atoms with Crippen LogP contribution in [0, 0.1) is 28.9 Å². The first-order chi connectivity index (χ1) is 15.2. The summed E-state index contributed by atoms with van der Waals surface area (Å²) in [4.78, 5) is 25.2. The lowest BCUT2D eigenvalue weighted by Gasteiger charge is -2.29. The molecule has 8 nitrogen and oxygen atoms in total. The Morgan fingerprint density at radius 2 is 1.81 bits per heavy atom. The van der Waals surface area contributed by atoms with E-state index in [0.29, 0.717) is 17.4 Å². The molecule has 0 atom stereocenters. The Balaban J connectivity index is 2.16. The second kappa shape index (κ2) is 11.8. The number of hydrazone groups is 1. The number of non-ortho nitro benzene ring substituents is 1. The van der Waals surface area contributed by atoms with Crippen LogP contribution in [0.1, 0.15) is 38.8 Å². The van der Waals surface area contributed by atoms with Gasteiger partial charge in [0, 0.05) is 42.2 Å². The number of rotatable bonds is 11. The van der Waals surface area contributed by atoms with Gasteiger partial charge < -0.3 is 10.2 Å². The molecule has 0 aliphatic carbocycles. The minimum absolute atomic E-state index is 0.0170. The summed E-state index contributed by atoms with van der Waals surface area (Å²) in [5, 5.41) is 18.4. The highest BCUT2D eigenvalue weighted by Crippen LogP contribution is 2.26. The molecule has 32 heavy (non-hydrogen) atoms. The molecule has 0 saturated heterocycles. The molecule has 2 aromatic rings. The van der Waals surface area contributed by atoms with Crippen LogP contribution in [0.2, 0.25) is 0 Å². The highest BCUT2D eigenvalue weighted by molar-refractivity contribution is 5.90. The normalized spacial score (nSPS) is 11.2. The number of hydrogen-bond acceptors (Lipinski definition) is 6. The zero-order chi connectivity index (χ0) is 23.7. The van der Waals surface area contributed by atoms with Crippen molar-refractivity contribution in [3.05, 3.63) is 63.7 Å². The fourth-order valence-electron chi connectivity index (χ4n) is 3.35. The molecule has 0 aliphatic heterocycles. The van der Waals surface area contributed by atoms with Crippen LogP contribution < -0.4 is 15.6 Å². The third-order valence-electron chi connectivity index (χ3n) is 4.60.